The van der Waals surface area contributed by atoms with Crippen LogP contribution < -0.4 is 0 Å². The number of fused-ring (bicyclic) bond motifs is 1. The molecule has 0 heterocycles. The summed E-state index contributed by atoms with van der Waals surface area (Å²) in [5, 5.41) is 2.76. The van der Waals surface area contributed by atoms with Crippen LogP contribution in [0.3, 0.4) is 0 Å². The standard InChI is InChI=1S/C19H19.2ClH.2Zr/c1-2-3-8-15-13-17-11-7-12-18(19(17)14-15)16-9-5-4-6-10-16;;;;/h4-7,9-14H,2-3,8H2,1H3;2*1H;;/q-1;;;;. The van der Waals surface area contributed by atoms with Crippen molar-refractivity contribution in [2.24, 2.45) is 0 Å². The van der Waals surface area contributed by atoms with Crippen LogP contribution in [0.1, 0.15) is 25.3 Å². The molecule has 0 fully saturated rings. The van der Waals surface area contributed by atoms with Crippen molar-refractivity contribution >= 4 is 35.6 Å². The molecule has 0 saturated heterocycles. The second-order valence-electron chi connectivity index (χ2n) is 5.14. The van der Waals surface area contributed by atoms with Crippen molar-refractivity contribution < 1.29 is 52.4 Å². The number of unbranched alkanes of at least 4 members (excludes halogenated alkanes) is 1. The molecule has 0 spiro atoms. The van der Waals surface area contributed by atoms with Crippen molar-refractivity contribution in [3.05, 3.63) is 66.2 Å². The van der Waals surface area contributed by atoms with E-state index in [0.717, 1.165) is 0 Å². The van der Waals surface area contributed by atoms with Crippen LogP contribution in [-0.2, 0) is 58.8 Å². The third-order valence-corrected chi connectivity index (χ3v) is 3.71. The van der Waals surface area contributed by atoms with E-state index in [2.05, 4.69) is 67.6 Å². The molecular weight excluding hydrogens is 482 g/mol. The van der Waals surface area contributed by atoms with Gasteiger partial charge < -0.3 is 0 Å². The molecule has 23 heavy (non-hydrogen) atoms. The summed E-state index contributed by atoms with van der Waals surface area (Å²) >= 11 is 0. The maximum Gasteiger partial charge on any atom is 0 e. The Morgan fingerprint density at radius 3 is 2.22 bits per heavy atom. The molecule has 4 heteroatoms. The maximum atomic E-state index is 2.37. The van der Waals surface area contributed by atoms with Crippen LogP contribution in [0, 0.1) is 0 Å². The van der Waals surface area contributed by atoms with Gasteiger partial charge in [0, 0.05) is 52.4 Å². The van der Waals surface area contributed by atoms with E-state index < -0.39 is 0 Å². The average Bonchev–Trinajstić information content (AvgIpc) is 2.88. The monoisotopic (exact) mass is 499 g/mol. The molecule has 0 nitrogen and oxygen atoms in total. The molecule has 3 aromatic carbocycles. The predicted molar refractivity (Wildman–Crippen MR) is 98.1 cm³/mol. The molecule has 0 aliphatic carbocycles. The normalized spacial score (nSPS) is 9.09. The molecule has 3 rings (SSSR count). The van der Waals surface area contributed by atoms with E-state index in [4.69, 9.17) is 0 Å². The summed E-state index contributed by atoms with van der Waals surface area (Å²) in [6.07, 6.45) is 3.73. The van der Waals surface area contributed by atoms with Crippen LogP contribution in [0.25, 0.3) is 21.9 Å². The summed E-state index contributed by atoms with van der Waals surface area (Å²) in [4.78, 5) is 0. The van der Waals surface area contributed by atoms with E-state index in [0.29, 0.717) is 0 Å². The molecule has 0 aliphatic heterocycles. The van der Waals surface area contributed by atoms with Crippen LogP contribution in [0.5, 0.6) is 0 Å². The minimum atomic E-state index is 0. The zero-order valence-corrected chi connectivity index (χ0v) is 19.8. The van der Waals surface area contributed by atoms with Gasteiger partial charge in [0.15, 0.2) is 0 Å². The van der Waals surface area contributed by atoms with Gasteiger partial charge in [-0.05, 0) is 12.0 Å². The molecule has 0 aliphatic rings. The molecule has 0 bridgehead atoms. The minimum Gasteiger partial charge on any atom is -0.164 e. The van der Waals surface area contributed by atoms with Gasteiger partial charge in [0.1, 0.15) is 0 Å². The van der Waals surface area contributed by atoms with E-state index in [-0.39, 0.29) is 77.2 Å². The summed E-state index contributed by atoms with van der Waals surface area (Å²) in [6, 6.07) is 22.0. The van der Waals surface area contributed by atoms with Crippen molar-refractivity contribution in [1.29, 1.82) is 0 Å². The fraction of sp³-hybridized carbons (Fsp3) is 0.211. The summed E-state index contributed by atoms with van der Waals surface area (Å²) in [5.74, 6) is 0. The molecule has 0 saturated carbocycles. The Morgan fingerprint density at radius 1 is 0.870 bits per heavy atom. The first-order chi connectivity index (χ1) is 9.38. The number of rotatable bonds is 4. The van der Waals surface area contributed by atoms with E-state index in [1.165, 1.54) is 46.7 Å². The van der Waals surface area contributed by atoms with E-state index in [1.54, 1.807) is 0 Å². The summed E-state index contributed by atoms with van der Waals surface area (Å²) < 4.78 is 0. The second kappa shape index (κ2) is 12.7. The SMILES string of the molecule is CCCCc1cc2c(-c3ccccc3)cccc2[cH-]1.Cl.Cl.[Zr].[Zr]. The molecule has 120 valence electrons. The predicted octanol–water partition coefficient (Wildman–Crippen LogP) is 6.41. The molecule has 0 radical (unpaired) electrons. The molecule has 0 aromatic heterocycles. The van der Waals surface area contributed by atoms with Gasteiger partial charge in [-0.25, -0.2) is 0 Å². The van der Waals surface area contributed by atoms with Gasteiger partial charge in [0.25, 0.3) is 0 Å². The van der Waals surface area contributed by atoms with Crippen molar-refractivity contribution in [2.75, 3.05) is 0 Å². The Bertz CT molecular complexity index is 678. The summed E-state index contributed by atoms with van der Waals surface area (Å²) in [6.45, 7) is 2.25. The van der Waals surface area contributed by atoms with Gasteiger partial charge in [-0.2, -0.15) is 6.07 Å². The first-order valence-electron chi connectivity index (χ1n) is 7.12. The minimum absolute atomic E-state index is 0. The van der Waals surface area contributed by atoms with E-state index in [9.17, 15) is 0 Å². The number of hydrogen-bond acceptors (Lipinski definition) is 0. The van der Waals surface area contributed by atoms with Gasteiger partial charge in [-0.3, -0.25) is 0 Å². The van der Waals surface area contributed by atoms with Crippen LogP contribution in [0.2, 0.25) is 0 Å². The number of aryl methyl sites for hydroxylation is 1. The van der Waals surface area contributed by atoms with Crippen LogP contribution in [-0.4, -0.2) is 0 Å². The number of hydrogen-bond donors (Lipinski definition) is 0. The fourth-order valence-corrected chi connectivity index (χ4v) is 2.69. The second-order valence-corrected chi connectivity index (χ2v) is 5.14. The Hall–Kier alpha value is 0.396. The third-order valence-electron chi connectivity index (χ3n) is 3.71. The third kappa shape index (κ3) is 6.32. The van der Waals surface area contributed by atoms with Gasteiger partial charge in [0.05, 0.1) is 0 Å². The topological polar surface area (TPSA) is 0 Å². The Morgan fingerprint density at radius 2 is 1.57 bits per heavy atom. The Balaban J connectivity index is 0. The van der Waals surface area contributed by atoms with Crippen molar-refractivity contribution in [2.45, 2.75) is 26.2 Å². The molecule has 0 amide bonds. The van der Waals surface area contributed by atoms with Gasteiger partial charge in [0.2, 0.25) is 0 Å². The number of benzene rings is 2. The van der Waals surface area contributed by atoms with Crippen molar-refractivity contribution in [3.8, 4) is 11.1 Å². The average molecular weight is 503 g/mol. The zero-order valence-electron chi connectivity index (χ0n) is 13.2. The molecule has 0 atom stereocenters. The van der Waals surface area contributed by atoms with Crippen molar-refractivity contribution in [3.63, 3.8) is 0 Å². The largest absolute Gasteiger partial charge is 0.164 e. The van der Waals surface area contributed by atoms with E-state index in [1.807, 2.05) is 0 Å². The Labute approximate surface area is 189 Å². The van der Waals surface area contributed by atoms with Crippen LogP contribution in [0.15, 0.2) is 60.7 Å². The Kier molecular flexibility index (Phi) is 14.2. The van der Waals surface area contributed by atoms with Crippen molar-refractivity contribution in [1.82, 2.24) is 0 Å². The molecular formula is C19H21Cl2Zr2-. The first-order valence-corrected chi connectivity index (χ1v) is 7.12. The summed E-state index contributed by atoms with van der Waals surface area (Å²) in [5.41, 5.74) is 4.13. The molecule has 3 aromatic rings. The summed E-state index contributed by atoms with van der Waals surface area (Å²) in [7, 11) is 0. The molecule has 0 unspecified atom stereocenters. The first kappa shape index (κ1) is 25.6. The van der Waals surface area contributed by atoms with Crippen LogP contribution in [0.4, 0.5) is 0 Å². The smallest absolute Gasteiger partial charge is 0 e. The zero-order chi connectivity index (χ0) is 13.1. The fourth-order valence-electron chi connectivity index (χ4n) is 2.69. The van der Waals surface area contributed by atoms with Gasteiger partial charge in [-0.15, -0.1) is 59.3 Å². The number of halogens is 2. The van der Waals surface area contributed by atoms with E-state index >= 15 is 0 Å². The van der Waals surface area contributed by atoms with Crippen LogP contribution >= 0.6 is 24.8 Å². The molecule has 0 N–H and O–H groups in total. The van der Waals surface area contributed by atoms with Gasteiger partial charge >= 0.3 is 0 Å². The maximum absolute atomic E-state index is 2.37. The van der Waals surface area contributed by atoms with Gasteiger partial charge in [-0.1, -0.05) is 61.7 Å². The quantitative estimate of drug-likeness (QED) is 0.362.